The average Bonchev–Trinajstić information content (AvgIpc) is 3.03. The van der Waals surface area contributed by atoms with Gasteiger partial charge in [-0.15, -0.1) is 11.8 Å². The van der Waals surface area contributed by atoms with E-state index in [0.717, 1.165) is 21.2 Å². The molecule has 3 rings (SSSR count). The fraction of sp³-hybridized carbons (Fsp3) is 0.375. The first-order valence-electron chi connectivity index (χ1n) is 14.3. The van der Waals surface area contributed by atoms with Crippen LogP contribution in [0, 0.1) is 0 Å². The van der Waals surface area contributed by atoms with Crippen molar-refractivity contribution in [1.29, 1.82) is 0 Å². The van der Waals surface area contributed by atoms with Gasteiger partial charge in [0.15, 0.2) is 0 Å². The van der Waals surface area contributed by atoms with E-state index in [0.29, 0.717) is 36.8 Å². The fourth-order valence-electron chi connectivity index (χ4n) is 4.49. The number of hydrogen-bond donors (Lipinski definition) is 1. The van der Waals surface area contributed by atoms with Crippen LogP contribution >= 0.6 is 11.8 Å². The third-order valence-electron chi connectivity index (χ3n) is 6.81. The third-order valence-corrected chi connectivity index (χ3v) is 9.34. The van der Waals surface area contributed by atoms with Crippen molar-refractivity contribution in [3.05, 3.63) is 78.4 Å². The molecule has 3 aromatic carbocycles. The van der Waals surface area contributed by atoms with Gasteiger partial charge in [0.25, 0.3) is 10.0 Å². The molecule has 0 heterocycles. The van der Waals surface area contributed by atoms with Crippen LogP contribution in [-0.2, 0) is 26.2 Å². The molecule has 0 spiro atoms. The molecular formula is C32H41N3O6S2. The number of nitrogens with one attached hydrogen (secondary N) is 1. The van der Waals surface area contributed by atoms with Crippen LogP contribution in [0.4, 0.5) is 5.69 Å². The summed E-state index contributed by atoms with van der Waals surface area (Å²) in [6.07, 6.45) is 3.00. The van der Waals surface area contributed by atoms with E-state index in [-0.39, 0.29) is 17.3 Å². The summed E-state index contributed by atoms with van der Waals surface area (Å²) in [5.74, 6) is 0.454. The molecule has 9 nitrogen and oxygen atoms in total. The van der Waals surface area contributed by atoms with E-state index in [4.69, 9.17) is 9.47 Å². The Bertz CT molecular complexity index is 1430. The van der Waals surface area contributed by atoms with Gasteiger partial charge in [0, 0.05) is 18.0 Å². The van der Waals surface area contributed by atoms with Crippen LogP contribution in [0.2, 0.25) is 0 Å². The summed E-state index contributed by atoms with van der Waals surface area (Å²) in [7, 11) is -2.59. The highest BCUT2D eigenvalue weighted by Gasteiger charge is 2.33. The zero-order valence-corrected chi connectivity index (χ0v) is 27.0. The van der Waals surface area contributed by atoms with Crippen molar-refractivity contribution in [2.24, 2.45) is 0 Å². The van der Waals surface area contributed by atoms with Crippen LogP contribution < -0.4 is 19.1 Å². The number of amides is 2. The SMILES string of the molecule is CCCNC(=O)[C@H](CC)N(Cc1ccc(OC)cc1)C(=O)CN(c1ccc(OCC)cc1)S(=O)(=O)c1ccc(SC)cc1. The van der Waals surface area contributed by atoms with Crippen molar-refractivity contribution in [2.45, 2.75) is 56.0 Å². The fourth-order valence-corrected chi connectivity index (χ4v) is 6.31. The molecule has 0 fully saturated rings. The van der Waals surface area contributed by atoms with Gasteiger partial charge >= 0.3 is 0 Å². The first-order chi connectivity index (χ1) is 20.7. The lowest BCUT2D eigenvalue weighted by atomic mass is 10.1. The summed E-state index contributed by atoms with van der Waals surface area (Å²) in [6.45, 7) is 6.18. The molecular weight excluding hydrogens is 587 g/mol. The van der Waals surface area contributed by atoms with E-state index in [9.17, 15) is 18.0 Å². The molecule has 43 heavy (non-hydrogen) atoms. The van der Waals surface area contributed by atoms with E-state index in [2.05, 4.69) is 5.32 Å². The molecule has 0 bridgehead atoms. The first kappa shape index (κ1) is 33.8. The summed E-state index contributed by atoms with van der Waals surface area (Å²) in [5.41, 5.74) is 1.08. The summed E-state index contributed by atoms with van der Waals surface area (Å²) in [5, 5.41) is 2.89. The Labute approximate surface area is 259 Å². The lowest BCUT2D eigenvalue weighted by molar-refractivity contribution is -0.140. The highest BCUT2D eigenvalue weighted by Crippen LogP contribution is 2.28. The molecule has 0 saturated heterocycles. The number of rotatable bonds is 16. The van der Waals surface area contributed by atoms with Crippen LogP contribution in [0.3, 0.4) is 0 Å². The van der Waals surface area contributed by atoms with Crippen molar-refractivity contribution in [3.63, 3.8) is 0 Å². The number of benzene rings is 3. The normalized spacial score (nSPS) is 11.8. The smallest absolute Gasteiger partial charge is 0.264 e. The molecule has 232 valence electrons. The molecule has 0 aliphatic heterocycles. The largest absolute Gasteiger partial charge is 0.497 e. The van der Waals surface area contributed by atoms with Gasteiger partial charge < -0.3 is 19.7 Å². The molecule has 0 aliphatic carbocycles. The topological polar surface area (TPSA) is 105 Å². The van der Waals surface area contributed by atoms with E-state index >= 15 is 0 Å². The zero-order chi connectivity index (χ0) is 31.4. The minimum atomic E-state index is -4.16. The summed E-state index contributed by atoms with van der Waals surface area (Å²) in [6, 6.07) is 19.5. The van der Waals surface area contributed by atoms with Gasteiger partial charge in [-0.25, -0.2) is 8.42 Å². The molecule has 11 heteroatoms. The maximum Gasteiger partial charge on any atom is 0.264 e. The highest BCUT2D eigenvalue weighted by molar-refractivity contribution is 7.98. The number of methoxy groups -OCH3 is 1. The van der Waals surface area contributed by atoms with Crippen molar-refractivity contribution in [1.82, 2.24) is 10.2 Å². The number of hydrogen-bond acceptors (Lipinski definition) is 7. The Hall–Kier alpha value is -3.70. The Morgan fingerprint density at radius 2 is 1.53 bits per heavy atom. The second-order valence-corrected chi connectivity index (χ2v) is 12.4. The van der Waals surface area contributed by atoms with Crippen molar-refractivity contribution >= 4 is 39.3 Å². The predicted octanol–water partition coefficient (Wildman–Crippen LogP) is 5.34. The average molecular weight is 628 g/mol. The van der Waals surface area contributed by atoms with Crippen molar-refractivity contribution < 1.29 is 27.5 Å². The molecule has 3 aromatic rings. The molecule has 0 radical (unpaired) electrons. The van der Waals surface area contributed by atoms with E-state index in [1.54, 1.807) is 55.6 Å². The quantitative estimate of drug-likeness (QED) is 0.214. The molecule has 1 atom stereocenters. The summed E-state index contributed by atoms with van der Waals surface area (Å²) >= 11 is 1.50. The number of anilines is 1. The minimum absolute atomic E-state index is 0.0569. The van der Waals surface area contributed by atoms with Gasteiger partial charge in [-0.3, -0.25) is 13.9 Å². The van der Waals surface area contributed by atoms with Crippen LogP contribution in [0.15, 0.2) is 82.6 Å². The van der Waals surface area contributed by atoms with E-state index < -0.39 is 28.5 Å². The monoisotopic (exact) mass is 627 g/mol. The van der Waals surface area contributed by atoms with Crippen LogP contribution in [0.25, 0.3) is 0 Å². The second-order valence-electron chi connectivity index (χ2n) is 9.70. The van der Waals surface area contributed by atoms with Gasteiger partial charge in [-0.05, 0) is 92.2 Å². The van der Waals surface area contributed by atoms with Crippen molar-refractivity contribution in [2.75, 3.05) is 37.4 Å². The van der Waals surface area contributed by atoms with E-state index in [1.807, 2.05) is 39.2 Å². The van der Waals surface area contributed by atoms with Crippen molar-refractivity contribution in [3.8, 4) is 11.5 Å². The predicted molar refractivity (Wildman–Crippen MR) is 171 cm³/mol. The van der Waals surface area contributed by atoms with Gasteiger partial charge in [0.2, 0.25) is 11.8 Å². The van der Waals surface area contributed by atoms with Gasteiger partial charge in [0.1, 0.15) is 24.1 Å². The molecule has 0 unspecified atom stereocenters. The van der Waals surface area contributed by atoms with Gasteiger partial charge in [-0.1, -0.05) is 26.0 Å². The minimum Gasteiger partial charge on any atom is -0.497 e. The first-order valence-corrected chi connectivity index (χ1v) is 16.9. The molecule has 2 amide bonds. The number of sulfonamides is 1. The summed E-state index contributed by atoms with van der Waals surface area (Å²) < 4.78 is 40.0. The maximum absolute atomic E-state index is 14.2. The molecule has 0 aromatic heterocycles. The number of carbonyl (C=O) groups is 2. The maximum atomic E-state index is 14.2. The van der Waals surface area contributed by atoms with Crippen LogP contribution in [0.1, 0.15) is 39.2 Å². The highest BCUT2D eigenvalue weighted by atomic mass is 32.2. The molecule has 1 N–H and O–H groups in total. The third kappa shape index (κ3) is 8.90. The zero-order valence-electron chi connectivity index (χ0n) is 25.4. The number of ether oxygens (including phenoxy) is 2. The summed E-state index contributed by atoms with van der Waals surface area (Å²) in [4.78, 5) is 29.8. The number of nitrogens with zero attached hydrogens (tertiary/aromatic N) is 2. The Balaban J connectivity index is 2.05. The Kier molecular flexibility index (Phi) is 12.8. The van der Waals surface area contributed by atoms with Crippen LogP contribution in [-0.4, -0.2) is 64.2 Å². The lowest BCUT2D eigenvalue weighted by Gasteiger charge is -2.33. The van der Waals surface area contributed by atoms with Gasteiger partial charge in [0.05, 0.1) is 24.3 Å². The molecule has 0 aliphatic rings. The van der Waals surface area contributed by atoms with E-state index in [1.165, 1.54) is 28.8 Å². The Morgan fingerprint density at radius 1 is 0.907 bits per heavy atom. The Morgan fingerprint density at radius 3 is 2.07 bits per heavy atom. The second kappa shape index (κ2) is 16.2. The molecule has 0 saturated carbocycles. The van der Waals surface area contributed by atoms with Crippen LogP contribution in [0.5, 0.6) is 11.5 Å². The lowest BCUT2D eigenvalue weighted by Crippen LogP contribution is -2.52. The standard InChI is InChI=1S/C32H41N3O6S2/c1-6-21-33-32(37)30(7-2)34(22-24-9-13-26(40-4)14-10-24)31(36)23-35(25-11-15-27(16-12-25)41-8-3)43(38,39)29-19-17-28(42-5)18-20-29/h9-20,30H,6-8,21-23H2,1-5H3,(H,33,37)/t30-/m0/s1. The number of thioether (sulfide) groups is 1. The number of carbonyl (C=O) groups excluding carboxylic acids is 2. The van der Waals surface area contributed by atoms with Gasteiger partial charge in [-0.2, -0.15) is 0 Å².